The van der Waals surface area contributed by atoms with Crippen LogP contribution in [-0.2, 0) is 19.1 Å². The Kier molecular flexibility index (Phi) is 5.57. The number of hydrogen-bond acceptors (Lipinski definition) is 4. The van der Waals surface area contributed by atoms with Crippen molar-refractivity contribution in [3.05, 3.63) is 0 Å². The highest BCUT2D eigenvalue weighted by atomic mass is 16.5. The van der Waals surface area contributed by atoms with Gasteiger partial charge in [0.05, 0.1) is 0 Å². The molecule has 1 aliphatic rings. The molecule has 18 heavy (non-hydrogen) atoms. The van der Waals surface area contributed by atoms with E-state index in [0.29, 0.717) is 13.0 Å². The Hall–Kier alpha value is -1.63. The highest BCUT2D eigenvalue weighted by Gasteiger charge is 2.27. The average molecular weight is 259 g/mol. The van der Waals surface area contributed by atoms with Crippen molar-refractivity contribution < 1.29 is 29.3 Å². The molecule has 0 bridgehead atoms. The molecule has 1 fully saturated rings. The smallest absolute Gasteiger partial charge is 0.326 e. The van der Waals surface area contributed by atoms with Gasteiger partial charge in [0.25, 0.3) is 0 Å². The van der Waals surface area contributed by atoms with Crippen LogP contribution in [0.4, 0.5) is 0 Å². The summed E-state index contributed by atoms with van der Waals surface area (Å²) in [6.07, 6.45) is 0.992. The summed E-state index contributed by atoms with van der Waals surface area (Å²) in [4.78, 5) is 32.9. The predicted molar refractivity (Wildman–Crippen MR) is 60.0 cm³/mol. The summed E-state index contributed by atoms with van der Waals surface area (Å²) in [5.41, 5.74) is 0. The lowest BCUT2D eigenvalue weighted by Gasteiger charge is -2.16. The molecular weight excluding hydrogens is 242 g/mol. The van der Waals surface area contributed by atoms with E-state index < -0.39 is 30.0 Å². The average Bonchev–Trinajstić information content (AvgIpc) is 2.80. The summed E-state index contributed by atoms with van der Waals surface area (Å²) in [6.45, 7) is 0.509. The third kappa shape index (κ3) is 4.70. The zero-order valence-corrected chi connectivity index (χ0v) is 9.92. The van der Waals surface area contributed by atoms with Crippen molar-refractivity contribution in [2.75, 3.05) is 6.61 Å². The number of carboxylic acid groups (broad SMARTS) is 2. The first kappa shape index (κ1) is 14.4. The van der Waals surface area contributed by atoms with Crippen LogP contribution in [-0.4, -0.2) is 46.8 Å². The van der Waals surface area contributed by atoms with Gasteiger partial charge < -0.3 is 20.3 Å². The standard InChI is InChI=1S/C11H17NO6/c13-9(14)5-1-3-7(11(16)17)12-10(15)8-4-2-6-18-8/h7-8H,1-6H2,(H,12,15)(H,13,14)(H,16,17)/t7-,8-/m1/s1. The first-order valence-electron chi connectivity index (χ1n) is 5.87. The molecule has 0 radical (unpaired) electrons. The molecule has 3 N–H and O–H groups in total. The van der Waals surface area contributed by atoms with E-state index in [0.717, 1.165) is 6.42 Å². The monoisotopic (exact) mass is 259 g/mol. The Balaban J connectivity index is 2.39. The van der Waals surface area contributed by atoms with Crippen molar-refractivity contribution >= 4 is 17.8 Å². The van der Waals surface area contributed by atoms with Gasteiger partial charge in [-0.05, 0) is 25.7 Å². The molecule has 1 saturated heterocycles. The van der Waals surface area contributed by atoms with Crippen LogP contribution in [0.5, 0.6) is 0 Å². The van der Waals surface area contributed by atoms with Crippen molar-refractivity contribution in [2.45, 2.75) is 44.2 Å². The van der Waals surface area contributed by atoms with Gasteiger partial charge in [-0.3, -0.25) is 9.59 Å². The number of carboxylic acids is 2. The van der Waals surface area contributed by atoms with Crippen molar-refractivity contribution in [2.24, 2.45) is 0 Å². The topological polar surface area (TPSA) is 113 Å². The molecule has 0 saturated carbocycles. The van der Waals surface area contributed by atoms with E-state index in [-0.39, 0.29) is 19.3 Å². The lowest BCUT2D eigenvalue weighted by Crippen LogP contribution is -2.45. The molecule has 0 aromatic carbocycles. The SMILES string of the molecule is O=C(O)CCC[C@@H](NC(=O)[C@H]1CCCO1)C(=O)O. The largest absolute Gasteiger partial charge is 0.481 e. The fraction of sp³-hybridized carbons (Fsp3) is 0.727. The van der Waals surface area contributed by atoms with Crippen molar-refractivity contribution in [3.8, 4) is 0 Å². The van der Waals surface area contributed by atoms with E-state index in [9.17, 15) is 14.4 Å². The van der Waals surface area contributed by atoms with Crippen LogP contribution in [0.25, 0.3) is 0 Å². The Morgan fingerprint density at radius 2 is 2.06 bits per heavy atom. The molecule has 1 aliphatic heterocycles. The molecule has 1 heterocycles. The maximum absolute atomic E-state index is 11.6. The summed E-state index contributed by atoms with van der Waals surface area (Å²) in [7, 11) is 0. The van der Waals surface area contributed by atoms with Crippen LogP contribution in [0.1, 0.15) is 32.1 Å². The zero-order chi connectivity index (χ0) is 13.5. The fourth-order valence-corrected chi connectivity index (χ4v) is 1.76. The molecule has 0 aromatic heterocycles. The Labute approximate surface area is 104 Å². The molecular formula is C11H17NO6. The minimum Gasteiger partial charge on any atom is -0.481 e. The third-order valence-corrected chi connectivity index (χ3v) is 2.72. The number of amides is 1. The van der Waals surface area contributed by atoms with Crippen molar-refractivity contribution in [3.63, 3.8) is 0 Å². The minimum absolute atomic E-state index is 0.0973. The summed E-state index contributed by atoms with van der Waals surface area (Å²) in [5.74, 6) is -2.58. The normalized spacial score (nSPS) is 20.3. The molecule has 7 heteroatoms. The Morgan fingerprint density at radius 1 is 1.33 bits per heavy atom. The van der Waals surface area contributed by atoms with Gasteiger partial charge in [0, 0.05) is 13.0 Å². The molecule has 0 aliphatic carbocycles. The van der Waals surface area contributed by atoms with Gasteiger partial charge in [-0.15, -0.1) is 0 Å². The number of aliphatic carboxylic acids is 2. The summed E-state index contributed by atoms with van der Waals surface area (Å²) in [5, 5.41) is 19.8. The highest BCUT2D eigenvalue weighted by Crippen LogP contribution is 2.12. The van der Waals surface area contributed by atoms with Gasteiger partial charge in [-0.25, -0.2) is 4.79 Å². The summed E-state index contributed by atoms with van der Waals surface area (Å²) < 4.78 is 5.14. The summed E-state index contributed by atoms with van der Waals surface area (Å²) in [6, 6.07) is -1.05. The number of hydrogen-bond donors (Lipinski definition) is 3. The Bertz CT molecular complexity index is 323. The van der Waals surface area contributed by atoms with Crippen molar-refractivity contribution in [1.82, 2.24) is 5.32 Å². The van der Waals surface area contributed by atoms with Gasteiger partial charge >= 0.3 is 11.9 Å². The second-order valence-electron chi connectivity index (χ2n) is 4.19. The fourth-order valence-electron chi connectivity index (χ4n) is 1.76. The van der Waals surface area contributed by atoms with Gasteiger partial charge in [-0.1, -0.05) is 0 Å². The maximum atomic E-state index is 11.6. The molecule has 7 nitrogen and oxygen atoms in total. The Morgan fingerprint density at radius 3 is 2.56 bits per heavy atom. The molecule has 0 spiro atoms. The van der Waals surface area contributed by atoms with E-state index in [1.165, 1.54) is 0 Å². The molecule has 102 valence electrons. The van der Waals surface area contributed by atoms with Crippen LogP contribution in [0, 0.1) is 0 Å². The minimum atomic E-state index is -1.16. The van der Waals surface area contributed by atoms with Crippen LogP contribution < -0.4 is 5.32 Å². The van der Waals surface area contributed by atoms with E-state index in [1.54, 1.807) is 0 Å². The second kappa shape index (κ2) is 6.95. The zero-order valence-electron chi connectivity index (χ0n) is 9.92. The highest BCUT2D eigenvalue weighted by molar-refractivity contribution is 5.86. The molecule has 0 unspecified atom stereocenters. The van der Waals surface area contributed by atoms with E-state index in [1.807, 2.05) is 0 Å². The molecule has 1 amide bonds. The van der Waals surface area contributed by atoms with Gasteiger partial charge in [0.1, 0.15) is 12.1 Å². The lowest BCUT2D eigenvalue weighted by molar-refractivity contribution is -0.144. The number of carbonyl (C=O) groups excluding carboxylic acids is 1. The number of rotatable bonds is 7. The van der Waals surface area contributed by atoms with Crippen LogP contribution in [0.3, 0.4) is 0 Å². The van der Waals surface area contributed by atoms with Crippen LogP contribution in [0.2, 0.25) is 0 Å². The van der Waals surface area contributed by atoms with Gasteiger partial charge in [0.15, 0.2) is 0 Å². The maximum Gasteiger partial charge on any atom is 0.326 e. The molecule has 1 rings (SSSR count). The predicted octanol–water partition coefficient (Wildman–Crippen LogP) is -0.0103. The van der Waals surface area contributed by atoms with E-state index >= 15 is 0 Å². The van der Waals surface area contributed by atoms with E-state index in [4.69, 9.17) is 14.9 Å². The van der Waals surface area contributed by atoms with Gasteiger partial charge in [0.2, 0.25) is 5.91 Å². The van der Waals surface area contributed by atoms with Crippen LogP contribution in [0.15, 0.2) is 0 Å². The number of ether oxygens (including phenoxy) is 1. The first-order chi connectivity index (χ1) is 8.50. The van der Waals surface area contributed by atoms with Gasteiger partial charge in [-0.2, -0.15) is 0 Å². The quantitative estimate of drug-likeness (QED) is 0.592. The number of nitrogens with one attached hydrogen (secondary N) is 1. The van der Waals surface area contributed by atoms with Crippen molar-refractivity contribution in [1.29, 1.82) is 0 Å². The molecule has 0 aromatic rings. The number of carbonyl (C=O) groups is 3. The lowest BCUT2D eigenvalue weighted by atomic mass is 10.1. The summed E-state index contributed by atoms with van der Waals surface area (Å²) >= 11 is 0. The first-order valence-corrected chi connectivity index (χ1v) is 5.87. The van der Waals surface area contributed by atoms with E-state index in [2.05, 4.69) is 5.32 Å². The second-order valence-corrected chi connectivity index (χ2v) is 4.19. The molecule has 2 atom stereocenters. The third-order valence-electron chi connectivity index (χ3n) is 2.72. The van der Waals surface area contributed by atoms with Crippen LogP contribution >= 0.6 is 0 Å².